The first-order valence-corrected chi connectivity index (χ1v) is 11.2. The Hall–Kier alpha value is -3.41. The third-order valence-corrected chi connectivity index (χ3v) is 6.91. The number of anilines is 1. The van der Waals surface area contributed by atoms with E-state index >= 15 is 0 Å². The molecule has 0 amide bonds. The van der Waals surface area contributed by atoms with Crippen LogP contribution in [0.5, 0.6) is 0 Å². The fraction of sp³-hybridized carbons (Fsp3) is 0.346. The van der Waals surface area contributed by atoms with E-state index in [0.717, 1.165) is 29.8 Å². The van der Waals surface area contributed by atoms with Gasteiger partial charge in [-0.1, -0.05) is 72.7 Å². The minimum absolute atomic E-state index is 0.106. The van der Waals surface area contributed by atoms with E-state index in [4.69, 9.17) is 14.6 Å². The largest absolute Gasteiger partial charge is 0.363 e. The molecule has 6 nitrogen and oxygen atoms in total. The molecule has 5 rings (SSSR count). The number of aromatic nitrogens is 4. The summed E-state index contributed by atoms with van der Waals surface area (Å²) >= 11 is 0. The fourth-order valence-corrected chi connectivity index (χ4v) is 4.55. The monoisotopic (exact) mass is 427 g/mol. The van der Waals surface area contributed by atoms with Gasteiger partial charge in [0.25, 0.3) is 5.89 Å². The van der Waals surface area contributed by atoms with Crippen LogP contribution in [-0.4, -0.2) is 19.9 Å². The lowest BCUT2D eigenvalue weighted by molar-refractivity contribution is 0.227. The standard InChI is InChI=1S/C26H29N5O/c1-5-26(4)16-21(18-12-8-6-9-13-18)28-22-20(17-27-31(22)26)23-29-24(30-32-23)25(2,3)19-14-10-7-11-15-19/h6-15,17,21,28H,5,16H2,1-4H3. The lowest BCUT2D eigenvalue weighted by atomic mass is 9.84. The smallest absolute Gasteiger partial charge is 0.263 e. The molecule has 3 heterocycles. The van der Waals surface area contributed by atoms with Crippen LogP contribution in [0.2, 0.25) is 0 Å². The van der Waals surface area contributed by atoms with Crippen molar-refractivity contribution in [3.05, 3.63) is 83.8 Å². The molecule has 1 N–H and O–H groups in total. The zero-order valence-corrected chi connectivity index (χ0v) is 19.0. The van der Waals surface area contributed by atoms with Crippen LogP contribution in [0.15, 0.2) is 71.4 Å². The Kier molecular flexibility index (Phi) is 4.88. The van der Waals surface area contributed by atoms with Crippen LogP contribution < -0.4 is 5.32 Å². The average molecular weight is 428 g/mol. The van der Waals surface area contributed by atoms with Crippen molar-refractivity contribution in [3.63, 3.8) is 0 Å². The van der Waals surface area contributed by atoms with Crippen LogP contribution in [0.1, 0.15) is 63.5 Å². The second-order valence-corrected chi connectivity index (χ2v) is 9.40. The van der Waals surface area contributed by atoms with Crippen LogP contribution in [0, 0.1) is 0 Å². The molecule has 2 unspecified atom stereocenters. The van der Waals surface area contributed by atoms with Crippen molar-refractivity contribution in [2.45, 2.75) is 57.5 Å². The highest BCUT2D eigenvalue weighted by Crippen LogP contribution is 2.44. The van der Waals surface area contributed by atoms with E-state index in [1.807, 2.05) is 24.4 Å². The van der Waals surface area contributed by atoms with Gasteiger partial charge in [0, 0.05) is 0 Å². The molecule has 4 aromatic rings. The van der Waals surface area contributed by atoms with Crippen molar-refractivity contribution in [3.8, 4) is 11.5 Å². The third kappa shape index (κ3) is 3.30. The molecule has 0 aliphatic carbocycles. The SMILES string of the molecule is CCC1(C)CC(c2ccccc2)Nc2c(-c3nc(C(C)(C)c4ccccc4)no3)cnn21. The summed E-state index contributed by atoms with van der Waals surface area (Å²) in [5.74, 6) is 2.08. The molecule has 164 valence electrons. The van der Waals surface area contributed by atoms with Crippen molar-refractivity contribution >= 4 is 5.82 Å². The number of rotatable bonds is 5. The summed E-state index contributed by atoms with van der Waals surface area (Å²) in [6.07, 6.45) is 3.77. The molecule has 6 heteroatoms. The zero-order valence-electron chi connectivity index (χ0n) is 19.0. The van der Waals surface area contributed by atoms with Gasteiger partial charge in [-0.25, -0.2) is 4.68 Å². The van der Waals surface area contributed by atoms with Gasteiger partial charge < -0.3 is 9.84 Å². The van der Waals surface area contributed by atoms with Gasteiger partial charge in [0.15, 0.2) is 5.82 Å². The van der Waals surface area contributed by atoms with E-state index in [9.17, 15) is 0 Å². The summed E-state index contributed by atoms with van der Waals surface area (Å²) in [4.78, 5) is 4.81. The van der Waals surface area contributed by atoms with Crippen LogP contribution >= 0.6 is 0 Å². The highest BCUT2D eigenvalue weighted by Gasteiger charge is 2.39. The van der Waals surface area contributed by atoms with Crippen LogP contribution in [0.3, 0.4) is 0 Å². The number of benzene rings is 2. The Morgan fingerprint density at radius 1 is 1.09 bits per heavy atom. The normalized spacial score (nSPS) is 20.6. The predicted octanol–water partition coefficient (Wildman–Crippen LogP) is 5.94. The summed E-state index contributed by atoms with van der Waals surface area (Å²) < 4.78 is 7.86. The Labute approximate surface area is 188 Å². The van der Waals surface area contributed by atoms with E-state index in [2.05, 4.69) is 85.3 Å². The lowest BCUT2D eigenvalue weighted by Gasteiger charge is -2.40. The summed E-state index contributed by atoms with van der Waals surface area (Å²) in [6.45, 7) is 8.71. The molecule has 2 atom stereocenters. The number of fused-ring (bicyclic) bond motifs is 1. The van der Waals surface area contributed by atoms with E-state index in [0.29, 0.717) is 11.7 Å². The summed E-state index contributed by atoms with van der Waals surface area (Å²) in [6, 6.07) is 21.0. The summed E-state index contributed by atoms with van der Waals surface area (Å²) in [5, 5.41) is 12.8. The average Bonchev–Trinajstić information content (AvgIpc) is 3.48. The van der Waals surface area contributed by atoms with Crippen molar-refractivity contribution in [1.82, 2.24) is 19.9 Å². The highest BCUT2D eigenvalue weighted by atomic mass is 16.5. The van der Waals surface area contributed by atoms with Gasteiger partial charge in [-0.2, -0.15) is 10.1 Å². The van der Waals surface area contributed by atoms with Crippen LogP contribution in [0.4, 0.5) is 5.82 Å². The molecule has 0 spiro atoms. The number of nitrogens with zero attached hydrogens (tertiary/aromatic N) is 4. The predicted molar refractivity (Wildman–Crippen MR) is 125 cm³/mol. The van der Waals surface area contributed by atoms with E-state index in [1.165, 1.54) is 5.56 Å². The topological polar surface area (TPSA) is 68.8 Å². The van der Waals surface area contributed by atoms with Gasteiger partial charge in [0.1, 0.15) is 11.4 Å². The quantitative estimate of drug-likeness (QED) is 0.427. The molecular weight excluding hydrogens is 398 g/mol. The maximum absolute atomic E-state index is 5.77. The minimum Gasteiger partial charge on any atom is -0.363 e. The number of hydrogen-bond acceptors (Lipinski definition) is 5. The fourth-order valence-electron chi connectivity index (χ4n) is 4.55. The molecule has 1 aliphatic heterocycles. The molecule has 0 fully saturated rings. The second kappa shape index (κ2) is 7.62. The summed E-state index contributed by atoms with van der Waals surface area (Å²) in [7, 11) is 0. The first kappa shape index (κ1) is 20.5. The van der Waals surface area contributed by atoms with Crippen LogP contribution in [-0.2, 0) is 11.0 Å². The minimum atomic E-state index is -0.367. The van der Waals surface area contributed by atoms with Gasteiger partial charge in [0.2, 0.25) is 0 Å². The molecular formula is C26H29N5O. The molecule has 0 saturated heterocycles. The Morgan fingerprint density at radius 2 is 1.78 bits per heavy atom. The van der Waals surface area contributed by atoms with Gasteiger partial charge in [-0.3, -0.25) is 0 Å². The van der Waals surface area contributed by atoms with Crippen molar-refractivity contribution in [2.75, 3.05) is 5.32 Å². The van der Waals surface area contributed by atoms with Gasteiger partial charge >= 0.3 is 0 Å². The number of nitrogens with one attached hydrogen (secondary N) is 1. The Morgan fingerprint density at radius 3 is 2.47 bits per heavy atom. The lowest BCUT2D eigenvalue weighted by Crippen LogP contribution is -2.39. The maximum Gasteiger partial charge on any atom is 0.263 e. The molecule has 0 radical (unpaired) electrons. The van der Waals surface area contributed by atoms with E-state index < -0.39 is 0 Å². The Balaban J connectivity index is 1.54. The maximum atomic E-state index is 5.77. The first-order chi connectivity index (χ1) is 15.4. The van der Waals surface area contributed by atoms with Crippen molar-refractivity contribution in [1.29, 1.82) is 0 Å². The van der Waals surface area contributed by atoms with Gasteiger partial charge in [-0.15, -0.1) is 0 Å². The van der Waals surface area contributed by atoms with Crippen molar-refractivity contribution in [2.24, 2.45) is 0 Å². The van der Waals surface area contributed by atoms with Crippen LogP contribution in [0.25, 0.3) is 11.5 Å². The summed E-state index contributed by atoms with van der Waals surface area (Å²) in [5.41, 5.74) is 2.78. The Bertz CT molecular complexity index is 1210. The molecule has 32 heavy (non-hydrogen) atoms. The first-order valence-electron chi connectivity index (χ1n) is 11.2. The molecule has 2 aromatic heterocycles. The highest BCUT2D eigenvalue weighted by molar-refractivity contribution is 5.70. The van der Waals surface area contributed by atoms with E-state index in [-0.39, 0.29) is 17.0 Å². The zero-order chi connectivity index (χ0) is 22.3. The number of hydrogen-bond donors (Lipinski definition) is 1. The van der Waals surface area contributed by atoms with Crippen molar-refractivity contribution < 1.29 is 4.52 Å². The van der Waals surface area contributed by atoms with Gasteiger partial charge in [0.05, 0.1) is 23.2 Å². The molecule has 0 bridgehead atoms. The van der Waals surface area contributed by atoms with E-state index in [1.54, 1.807) is 0 Å². The molecule has 0 saturated carbocycles. The third-order valence-electron chi connectivity index (χ3n) is 6.91. The van der Waals surface area contributed by atoms with Gasteiger partial charge in [-0.05, 0) is 44.7 Å². The second-order valence-electron chi connectivity index (χ2n) is 9.40. The molecule has 2 aromatic carbocycles. The molecule has 1 aliphatic rings.